The van der Waals surface area contributed by atoms with Gasteiger partial charge in [-0.15, -0.1) is 0 Å². The maximum absolute atomic E-state index is 11.6. The molecule has 0 bridgehead atoms. The van der Waals surface area contributed by atoms with Crippen LogP contribution in [0.2, 0.25) is 0 Å². The van der Waals surface area contributed by atoms with Gasteiger partial charge in [-0.1, -0.05) is 0 Å². The molecule has 0 aliphatic rings. The molecule has 0 aliphatic carbocycles. The highest BCUT2D eigenvalue weighted by molar-refractivity contribution is 5.77. The van der Waals surface area contributed by atoms with Gasteiger partial charge in [0.05, 0.1) is 19.1 Å². The van der Waals surface area contributed by atoms with Crippen molar-refractivity contribution < 1.29 is 18.7 Å². The van der Waals surface area contributed by atoms with E-state index in [9.17, 15) is 4.79 Å². The summed E-state index contributed by atoms with van der Waals surface area (Å²) < 4.78 is 15.7. The second kappa shape index (κ2) is 7.99. The molecule has 0 saturated heterocycles. The Labute approximate surface area is 123 Å². The highest BCUT2D eigenvalue weighted by Gasteiger charge is 2.03. The number of hydrogen-bond donors (Lipinski definition) is 1. The molecule has 1 heterocycles. The van der Waals surface area contributed by atoms with E-state index in [0.717, 1.165) is 17.7 Å². The molecule has 0 unspecified atom stereocenters. The molecule has 1 amide bonds. The van der Waals surface area contributed by atoms with Crippen molar-refractivity contribution in [1.82, 2.24) is 5.32 Å². The molecule has 0 aliphatic heterocycles. The fraction of sp³-hybridized carbons (Fsp3) is 0.312. The number of carbonyl (C=O) groups excluding carboxylic acids is 1. The highest BCUT2D eigenvalue weighted by atomic mass is 16.5. The lowest BCUT2D eigenvalue weighted by Crippen LogP contribution is -2.30. The first-order valence-electron chi connectivity index (χ1n) is 6.91. The first-order valence-corrected chi connectivity index (χ1v) is 6.91. The van der Waals surface area contributed by atoms with Crippen LogP contribution in [0.15, 0.2) is 47.3 Å². The van der Waals surface area contributed by atoms with E-state index in [-0.39, 0.29) is 12.5 Å². The molecule has 21 heavy (non-hydrogen) atoms. The second-order valence-electron chi connectivity index (χ2n) is 4.42. The molecule has 2 rings (SSSR count). The maximum atomic E-state index is 11.6. The molecule has 0 atom stereocenters. The molecule has 0 radical (unpaired) electrons. The monoisotopic (exact) mass is 289 g/mol. The van der Waals surface area contributed by atoms with Crippen molar-refractivity contribution in [2.75, 3.05) is 19.8 Å². The summed E-state index contributed by atoms with van der Waals surface area (Å²) in [6.07, 6.45) is 4.03. The van der Waals surface area contributed by atoms with Gasteiger partial charge in [0, 0.05) is 6.54 Å². The number of amides is 1. The van der Waals surface area contributed by atoms with Gasteiger partial charge in [-0.2, -0.15) is 0 Å². The van der Waals surface area contributed by atoms with Crippen LogP contribution in [-0.2, 0) is 11.2 Å². The largest absolute Gasteiger partial charge is 0.494 e. The number of rotatable bonds is 8. The minimum absolute atomic E-state index is 0.000626. The number of furan rings is 1. The van der Waals surface area contributed by atoms with Crippen molar-refractivity contribution in [3.63, 3.8) is 0 Å². The first kappa shape index (κ1) is 15.0. The smallest absolute Gasteiger partial charge is 0.257 e. The summed E-state index contributed by atoms with van der Waals surface area (Å²) in [4.78, 5) is 11.6. The Morgan fingerprint density at radius 2 is 1.86 bits per heavy atom. The molecule has 0 saturated carbocycles. The van der Waals surface area contributed by atoms with Crippen molar-refractivity contribution in [2.24, 2.45) is 0 Å². The highest BCUT2D eigenvalue weighted by Crippen LogP contribution is 2.17. The third-order valence-corrected chi connectivity index (χ3v) is 2.82. The lowest BCUT2D eigenvalue weighted by molar-refractivity contribution is -0.123. The molecule has 5 nitrogen and oxygen atoms in total. The maximum Gasteiger partial charge on any atom is 0.257 e. The van der Waals surface area contributed by atoms with Crippen molar-refractivity contribution in [3.05, 3.63) is 48.4 Å². The normalized spacial score (nSPS) is 10.1. The molecular weight excluding hydrogens is 270 g/mol. The van der Waals surface area contributed by atoms with Gasteiger partial charge in [0.1, 0.15) is 11.5 Å². The summed E-state index contributed by atoms with van der Waals surface area (Å²) in [5, 5.41) is 2.79. The van der Waals surface area contributed by atoms with Crippen LogP contribution in [0.4, 0.5) is 0 Å². The third kappa shape index (κ3) is 5.22. The van der Waals surface area contributed by atoms with E-state index < -0.39 is 0 Å². The summed E-state index contributed by atoms with van der Waals surface area (Å²) >= 11 is 0. The van der Waals surface area contributed by atoms with E-state index >= 15 is 0 Å². The number of hydrogen-bond acceptors (Lipinski definition) is 4. The summed E-state index contributed by atoms with van der Waals surface area (Å²) in [5.74, 6) is 1.28. The zero-order valence-corrected chi connectivity index (χ0v) is 12.0. The molecular formula is C16H19NO4. The van der Waals surface area contributed by atoms with Crippen LogP contribution < -0.4 is 14.8 Å². The van der Waals surface area contributed by atoms with Crippen LogP contribution in [0, 0.1) is 0 Å². The van der Waals surface area contributed by atoms with Gasteiger partial charge < -0.3 is 19.2 Å². The van der Waals surface area contributed by atoms with Crippen LogP contribution in [0.1, 0.15) is 12.5 Å². The average Bonchev–Trinajstić information content (AvgIpc) is 3.00. The second-order valence-corrected chi connectivity index (χ2v) is 4.42. The Morgan fingerprint density at radius 3 is 2.48 bits per heavy atom. The van der Waals surface area contributed by atoms with E-state index in [1.807, 2.05) is 25.1 Å². The summed E-state index contributed by atoms with van der Waals surface area (Å²) in [5.41, 5.74) is 1.06. The Morgan fingerprint density at radius 1 is 1.14 bits per heavy atom. The zero-order chi connectivity index (χ0) is 14.9. The Balaban J connectivity index is 1.66. The van der Waals surface area contributed by atoms with E-state index in [1.54, 1.807) is 24.7 Å². The standard InChI is InChI=1S/C16H19NO4/c1-2-20-14-3-5-15(6-4-14)21-12-16(18)17-9-7-13-8-10-19-11-13/h3-6,8,10-11H,2,7,9,12H2,1H3,(H,17,18). The van der Waals surface area contributed by atoms with Gasteiger partial charge in [-0.25, -0.2) is 0 Å². The molecule has 1 N–H and O–H groups in total. The van der Waals surface area contributed by atoms with Gasteiger partial charge in [-0.3, -0.25) is 4.79 Å². The molecule has 112 valence electrons. The van der Waals surface area contributed by atoms with Gasteiger partial charge in [0.2, 0.25) is 0 Å². The topological polar surface area (TPSA) is 60.7 Å². The Kier molecular flexibility index (Phi) is 5.70. The van der Waals surface area contributed by atoms with E-state index in [1.165, 1.54) is 0 Å². The zero-order valence-electron chi connectivity index (χ0n) is 12.0. The summed E-state index contributed by atoms with van der Waals surface area (Å²) in [6, 6.07) is 9.07. The lowest BCUT2D eigenvalue weighted by Gasteiger charge is -2.08. The summed E-state index contributed by atoms with van der Waals surface area (Å²) in [7, 11) is 0. The molecule has 1 aromatic carbocycles. The van der Waals surface area contributed by atoms with Gasteiger partial charge in [-0.05, 0) is 49.2 Å². The van der Waals surface area contributed by atoms with Gasteiger partial charge >= 0.3 is 0 Å². The van der Waals surface area contributed by atoms with Crippen molar-refractivity contribution >= 4 is 5.91 Å². The van der Waals surface area contributed by atoms with Gasteiger partial charge in [0.25, 0.3) is 5.91 Å². The number of benzene rings is 1. The van der Waals surface area contributed by atoms with E-state index in [4.69, 9.17) is 13.9 Å². The predicted octanol–water partition coefficient (Wildman–Crippen LogP) is 2.42. The molecule has 1 aromatic heterocycles. The fourth-order valence-corrected chi connectivity index (χ4v) is 1.78. The molecule has 5 heteroatoms. The van der Waals surface area contributed by atoms with Crippen LogP contribution in [0.25, 0.3) is 0 Å². The SMILES string of the molecule is CCOc1ccc(OCC(=O)NCCc2ccoc2)cc1. The first-order chi connectivity index (χ1) is 10.3. The Bertz CT molecular complexity index is 534. The van der Waals surface area contributed by atoms with Crippen LogP contribution in [-0.4, -0.2) is 25.7 Å². The minimum atomic E-state index is -0.146. The Hall–Kier alpha value is -2.43. The lowest BCUT2D eigenvalue weighted by atomic mass is 10.2. The molecule has 0 spiro atoms. The van der Waals surface area contributed by atoms with Crippen molar-refractivity contribution in [2.45, 2.75) is 13.3 Å². The average molecular weight is 289 g/mol. The van der Waals surface area contributed by atoms with Crippen LogP contribution >= 0.6 is 0 Å². The van der Waals surface area contributed by atoms with Crippen LogP contribution in [0.5, 0.6) is 11.5 Å². The van der Waals surface area contributed by atoms with Gasteiger partial charge in [0.15, 0.2) is 6.61 Å². The fourth-order valence-electron chi connectivity index (χ4n) is 1.78. The quantitative estimate of drug-likeness (QED) is 0.810. The minimum Gasteiger partial charge on any atom is -0.494 e. The van der Waals surface area contributed by atoms with E-state index in [0.29, 0.717) is 18.9 Å². The third-order valence-electron chi connectivity index (χ3n) is 2.82. The predicted molar refractivity (Wildman–Crippen MR) is 78.5 cm³/mol. The van der Waals surface area contributed by atoms with Crippen molar-refractivity contribution in [1.29, 1.82) is 0 Å². The molecule has 2 aromatic rings. The summed E-state index contributed by atoms with van der Waals surface area (Å²) in [6.45, 7) is 3.11. The van der Waals surface area contributed by atoms with Crippen molar-refractivity contribution in [3.8, 4) is 11.5 Å². The number of ether oxygens (including phenoxy) is 2. The van der Waals surface area contributed by atoms with Crippen LogP contribution in [0.3, 0.4) is 0 Å². The number of nitrogens with one attached hydrogen (secondary N) is 1. The van der Waals surface area contributed by atoms with E-state index in [2.05, 4.69) is 5.32 Å². The molecule has 0 fully saturated rings. The number of carbonyl (C=O) groups is 1.